The van der Waals surface area contributed by atoms with Gasteiger partial charge in [0.05, 0.1) is 12.2 Å². The maximum absolute atomic E-state index is 12.0. The number of hydrogen-bond donors (Lipinski definition) is 2. The Balaban J connectivity index is 1.46. The lowest BCUT2D eigenvalue weighted by molar-refractivity contribution is 0.251. The number of hydrogen-bond acceptors (Lipinski definition) is 3. The minimum atomic E-state index is -0.202. The van der Waals surface area contributed by atoms with Crippen LogP contribution >= 0.6 is 11.8 Å². The summed E-state index contributed by atoms with van der Waals surface area (Å²) in [7, 11) is 0. The average Bonchev–Trinajstić information content (AvgIpc) is 3.13. The lowest BCUT2D eigenvalue weighted by atomic mass is 10.1. The number of aromatic nitrogens is 2. The number of unbranched alkanes of at least 4 members (excludes halogenated alkanes) is 1. The van der Waals surface area contributed by atoms with E-state index in [1.165, 1.54) is 18.4 Å². The fraction of sp³-hybridized carbons (Fsp3) is 0.412. The third kappa shape index (κ3) is 4.28. The van der Waals surface area contributed by atoms with Crippen molar-refractivity contribution >= 4 is 23.5 Å². The lowest BCUT2D eigenvalue weighted by Gasteiger charge is -2.07. The van der Waals surface area contributed by atoms with E-state index in [-0.39, 0.29) is 6.03 Å². The molecule has 0 fully saturated rings. The van der Waals surface area contributed by atoms with Crippen molar-refractivity contribution in [1.82, 2.24) is 14.9 Å². The maximum atomic E-state index is 12.0. The van der Waals surface area contributed by atoms with Gasteiger partial charge in [-0.05, 0) is 30.5 Å². The van der Waals surface area contributed by atoms with Crippen molar-refractivity contribution in [1.29, 1.82) is 0 Å². The molecule has 1 aromatic heterocycles. The van der Waals surface area contributed by atoms with Crippen LogP contribution in [0.4, 0.5) is 10.5 Å². The highest BCUT2D eigenvalue weighted by atomic mass is 32.2. The second-order valence-electron chi connectivity index (χ2n) is 5.66. The first-order valence-electron chi connectivity index (χ1n) is 8.07. The van der Waals surface area contributed by atoms with Crippen LogP contribution < -0.4 is 10.6 Å². The first-order valence-corrected chi connectivity index (χ1v) is 9.06. The number of amides is 2. The maximum Gasteiger partial charge on any atom is 0.319 e. The first kappa shape index (κ1) is 15.9. The highest BCUT2D eigenvalue weighted by Gasteiger charge is 2.14. The molecule has 6 heteroatoms. The molecule has 2 amide bonds. The number of carbonyl (C=O) groups excluding carboxylic acids is 1. The third-order valence-electron chi connectivity index (χ3n) is 3.81. The summed E-state index contributed by atoms with van der Waals surface area (Å²) in [6, 6.07) is 7.84. The zero-order chi connectivity index (χ0) is 16.1. The summed E-state index contributed by atoms with van der Waals surface area (Å²) in [5.41, 5.74) is 3.02. The van der Waals surface area contributed by atoms with Crippen molar-refractivity contribution < 1.29 is 4.79 Å². The number of aryl methyl sites for hydroxylation is 2. The Morgan fingerprint density at radius 1 is 1.35 bits per heavy atom. The van der Waals surface area contributed by atoms with E-state index in [0.717, 1.165) is 35.3 Å². The topological polar surface area (TPSA) is 59.0 Å². The molecule has 2 heterocycles. The Morgan fingerprint density at radius 2 is 2.17 bits per heavy atom. The highest BCUT2D eigenvalue weighted by molar-refractivity contribution is 7.99. The van der Waals surface area contributed by atoms with Gasteiger partial charge in [0.15, 0.2) is 5.16 Å². The van der Waals surface area contributed by atoms with Crippen LogP contribution in [0.3, 0.4) is 0 Å². The zero-order valence-corrected chi connectivity index (χ0v) is 14.2. The second-order valence-corrected chi connectivity index (χ2v) is 6.73. The van der Waals surface area contributed by atoms with E-state index in [9.17, 15) is 4.79 Å². The molecule has 0 bridgehead atoms. The number of nitrogens with one attached hydrogen (secondary N) is 2. The second kappa shape index (κ2) is 7.55. The number of anilines is 1. The molecule has 5 nitrogen and oxygen atoms in total. The molecule has 1 aliphatic rings. The number of rotatable bonds is 6. The van der Waals surface area contributed by atoms with Gasteiger partial charge < -0.3 is 15.2 Å². The van der Waals surface area contributed by atoms with Gasteiger partial charge in [0, 0.05) is 24.2 Å². The number of carbonyl (C=O) groups is 1. The number of benzene rings is 1. The quantitative estimate of drug-likeness (QED) is 0.850. The van der Waals surface area contributed by atoms with Gasteiger partial charge in [-0.25, -0.2) is 9.78 Å². The highest BCUT2D eigenvalue weighted by Crippen LogP contribution is 2.24. The van der Waals surface area contributed by atoms with Crippen LogP contribution in [0.5, 0.6) is 0 Å². The molecule has 2 N–H and O–H groups in total. The zero-order valence-electron chi connectivity index (χ0n) is 13.3. The fourth-order valence-electron chi connectivity index (χ4n) is 2.53. The molecule has 1 aromatic carbocycles. The van der Waals surface area contributed by atoms with Crippen molar-refractivity contribution in [2.24, 2.45) is 0 Å². The smallest absolute Gasteiger partial charge is 0.319 e. The first-order chi connectivity index (χ1) is 11.2. The molecule has 23 heavy (non-hydrogen) atoms. The average molecular weight is 330 g/mol. The molecule has 1 aliphatic heterocycles. The molecule has 122 valence electrons. The van der Waals surface area contributed by atoms with E-state index in [4.69, 9.17) is 0 Å². The Morgan fingerprint density at radius 3 is 2.91 bits per heavy atom. The Labute approximate surface area is 140 Å². The minimum Gasteiger partial charge on any atom is -0.332 e. The van der Waals surface area contributed by atoms with E-state index in [1.54, 1.807) is 11.8 Å². The van der Waals surface area contributed by atoms with E-state index in [0.29, 0.717) is 6.54 Å². The number of urea groups is 1. The largest absolute Gasteiger partial charge is 0.332 e. The van der Waals surface area contributed by atoms with E-state index >= 15 is 0 Å². The third-order valence-corrected chi connectivity index (χ3v) is 4.78. The van der Waals surface area contributed by atoms with Gasteiger partial charge >= 0.3 is 6.03 Å². The van der Waals surface area contributed by atoms with Crippen molar-refractivity contribution in [3.8, 4) is 0 Å². The molecular formula is C17H22N4OS. The van der Waals surface area contributed by atoms with Gasteiger partial charge in [0.2, 0.25) is 0 Å². The SMILES string of the molecule is CCCCc1ccc(NC(=O)NCc2cn3c(n2)SCC3)cc1. The van der Waals surface area contributed by atoms with Crippen LogP contribution in [0.15, 0.2) is 35.6 Å². The standard InChI is InChI=1S/C17H22N4OS/c1-2-3-4-13-5-7-14(8-6-13)19-16(22)18-11-15-12-21-9-10-23-17(21)20-15/h5-8,12H,2-4,9-11H2,1H3,(H2,18,19,22). The van der Waals surface area contributed by atoms with Crippen LogP contribution in [-0.4, -0.2) is 21.3 Å². The predicted octanol–water partition coefficient (Wildman–Crippen LogP) is 3.65. The molecule has 0 spiro atoms. The van der Waals surface area contributed by atoms with E-state index in [1.807, 2.05) is 18.3 Å². The van der Waals surface area contributed by atoms with Gasteiger partial charge in [0.25, 0.3) is 0 Å². The van der Waals surface area contributed by atoms with Gasteiger partial charge in [-0.15, -0.1) is 0 Å². The molecule has 0 aliphatic carbocycles. The van der Waals surface area contributed by atoms with E-state index < -0.39 is 0 Å². The molecule has 3 rings (SSSR count). The summed E-state index contributed by atoms with van der Waals surface area (Å²) in [5.74, 6) is 1.09. The number of imidazole rings is 1. The van der Waals surface area contributed by atoms with Crippen LogP contribution in [0.1, 0.15) is 31.0 Å². The Hall–Kier alpha value is -1.95. The van der Waals surface area contributed by atoms with Crippen molar-refractivity contribution in [3.05, 3.63) is 41.7 Å². The van der Waals surface area contributed by atoms with Gasteiger partial charge in [0.1, 0.15) is 0 Å². The lowest BCUT2D eigenvalue weighted by Crippen LogP contribution is -2.28. The summed E-state index contributed by atoms with van der Waals surface area (Å²) < 4.78 is 2.13. The number of fused-ring (bicyclic) bond motifs is 1. The summed E-state index contributed by atoms with van der Waals surface area (Å²) in [5, 5.41) is 6.75. The van der Waals surface area contributed by atoms with Crippen molar-refractivity contribution in [3.63, 3.8) is 0 Å². The van der Waals surface area contributed by atoms with Crippen molar-refractivity contribution in [2.75, 3.05) is 11.1 Å². The fourth-order valence-corrected chi connectivity index (χ4v) is 3.49. The predicted molar refractivity (Wildman–Crippen MR) is 93.9 cm³/mol. The van der Waals surface area contributed by atoms with Crippen LogP contribution in [0.2, 0.25) is 0 Å². The Kier molecular flexibility index (Phi) is 5.23. The molecule has 0 unspecified atom stereocenters. The summed E-state index contributed by atoms with van der Waals surface area (Å²) >= 11 is 1.76. The summed E-state index contributed by atoms with van der Waals surface area (Å²) in [4.78, 5) is 16.4. The van der Waals surface area contributed by atoms with Gasteiger partial charge in [-0.3, -0.25) is 0 Å². The molecule has 0 saturated carbocycles. The number of nitrogens with zero attached hydrogens (tertiary/aromatic N) is 2. The van der Waals surface area contributed by atoms with Crippen LogP contribution in [0, 0.1) is 0 Å². The molecular weight excluding hydrogens is 308 g/mol. The number of thioether (sulfide) groups is 1. The van der Waals surface area contributed by atoms with Crippen LogP contribution in [0.25, 0.3) is 0 Å². The van der Waals surface area contributed by atoms with Crippen molar-refractivity contribution in [2.45, 2.75) is 44.4 Å². The van der Waals surface area contributed by atoms with Crippen LogP contribution in [-0.2, 0) is 19.5 Å². The molecule has 2 aromatic rings. The summed E-state index contributed by atoms with van der Waals surface area (Å²) in [6.45, 7) is 3.64. The molecule has 0 atom stereocenters. The Bertz CT molecular complexity index is 644. The summed E-state index contributed by atoms with van der Waals surface area (Å²) in [6.07, 6.45) is 5.49. The van der Waals surface area contributed by atoms with Gasteiger partial charge in [-0.2, -0.15) is 0 Å². The minimum absolute atomic E-state index is 0.202. The monoisotopic (exact) mass is 330 g/mol. The molecule has 0 radical (unpaired) electrons. The normalized spacial score (nSPS) is 12.9. The van der Waals surface area contributed by atoms with Gasteiger partial charge in [-0.1, -0.05) is 37.2 Å². The van der Waals surface area contributed by atoms with E-state index in [2.05, 4.69) is 39.2 Å². The molecule has 0 saturated heterocycles.